The normalized spacial score (nSPS) is 12.1. The third-order valence-electron chi connectivity index (χ3n) is 2.35. The first-order chi connectivity index (χ1) is 8.15. The summed E-state index contributed by atoms with van der Waals surface area (Å²) in [4.78, 5) is 2.00. The fraction of sp³-hybridized carbons (Fsp3) is 0.417. The summed E-state index contributed by atoms with van der Waals surface area (Å²) < 4.78 is 13.0. The van der Waals surface area contributed by atoms with Gasteiger partial charge in [0.05, 0.1) is 6.54 Å². The van der Waals surface area contributed by atoms with Gasteiger partial charge in [0.1, 0.15) is 5.82 Å². The zero-order valence-electron chi connectivity index (χ0n) is 9.93. The topological polar surface area (TPSA) is 61.8 Å². The van der Waals surface area contributed by atoms with Crippen LogP contribution in [0.15, 0.2) is 29.4 Å². The van der Waals surface area contributed by atoms with E-state index in [-0.39, 0.29) is 11.7 Å². The molecule has 0 fully saturated rings. The molecule has 4 nitrogen and oxygen atoms in total. The van der Waals surface area contributed by atoms with Crippen molar-refractivity contribution in [2.24, 2.45) is 10.9 Å². The fourth-order valence-electron chi connectivity index (χ4n) is 1.68. The van der Waals surface area contributed by atoms with Gasteiger partial charge in [0.15, 0.2) is 5.84 Å². The van der Waals surface area contributed by atoms with E-state index in [4.69, 9.17) is 10.9 Å². The minimum atomic E-state index is -0.247. The van der Waals surface area contributed by atoms with E-state index in [2.05, 4.69) is 5.16 Å². The van der Waals surface area contributed by atoms with Crippen molar-refractivity contribution in [1.29, 1.82) is 0 Å². The smallest absolute Gasteiger partial charge is 0.153 e. The van der Waals surface area contributed by atoms with Crippen molar-refractivity contribution in [3.8, 4) is 0 Å². The second-order valence-electron chi connectivity index (χ2n) is 3.93. The van der Waals surface area contributed by atoms with Crippen LogP contribution in [0.3, 0.4) is 0 Å². The van der Waals surface area contributed by atoms with E-state index in [1.807, 2.05) is 17.9 Å². The highest BCUT2D eigenvalue weighted by molar-refractivity contribution is 5.81. The van der Waals surface area contributed by atoms with Gasteiger partial charge < -0.3 is 10.9 Å². The monoisotopic (exact) mass is 239 g/mol. The van der Waals surface area contributed by atoms with Gasteiger partial charge in [0.2, 0.25) is 0 Å². The van der Waals surface area contributed by atoms with Crippen molar-refractivity contribution in [3.05, 3.63) is 35.6 Å². The lowest BCUT2D eigenvalue weighted by Gasteiger charge is -2.20. The lowest BCUT2D eigenvalue weighted by molar-refractivity contribution is 0.285. The second-order valence-corrected chi connectivity index (χ2v) is 3.93. The van der Waals surface area contributed by atoms with Crippen LogP contribution in [-0.4, -0.2) is 29.0 Å². The number of oxime groups is 1. The predicted molar refractivity (Wildman–Crippen MR) is 65.4 cm³/mol. The Labute approximate surface area is 101 Å². The Morgan fingerprint density at radius 2 is 2.29 bits per heavy atom. The highest BCUT2D eigenvalue weighted by Crippen LogP contribution is 2.07. The Morgan fingerprint density at radius 3 is 2.88 bits per heavy atom. The van der Waals surface area contributed by atoms with E-state index in [1.54, 1.807) is 6.07 Å². The van der Waals surface area contributed by atoms with Crippen LogP contribution in [0, 0.1) is 5.82 Å². The Hall–Kier alpha value is -1.62. The summed E-state index contributed by atoms with van der Waals surface area (Å²) in [6, 6.07) is 6.45. The average Bonchev–Trinajstić information content (AvgIpc) is 2.29. The summed E-state index contributed by atoms with van der Waals surface area (Å²) in [6.45, 7) is 3.82. The molecule has 0 heterocycles. The van der Waals surface area contributed by atoms with Crippen LogP contribution in [-0.2, 0) is 6.54 Å². The van der Waals surface area contributed by atoms with Crippen LogP contribution in [0.2, 0.25) is 0 Å². The molecular weight excluding hydrogens is 221 g/mol. The second kappa shape index (κ2) is 6.85. The van der Waals surface area contributed by atoms with E-state index in [9.17, 15) is 4.39 Å². The largest absolute Gasteiger partial charge is 0.409 e. The number of amidine groups is 1. The lowest BCUT2D eigenvalue weighted by Crippen LogP contribution is -2.34. The summed E-state index contributed by atoms with van der Waals surface area (Å²) in [6.07, 6.45) is 0.952. The maximum absolute atomic E-state index is 13.0. The minimum Gasteiger partial charge on any atom is -0.409 e. The van der Waals surface area contributed by atoms with Crippen LogP contribution >= 0.6 is 0 Å². The van der Waals surface area contributed by atoms with Crippen molar-refractivity contribution in [2.45, 2.75) is 19.9 Å². The van der Waals surface area contributed by atoms with E-state index in [1.165, 1.54) is 12.1 Å². The molecule has 17 heavy (non-hydrogen) atoms. The standard InChI is InChI=1S/C12H18FN3O/c1-2-6-16(9-12(14)15-17)8-10-4-3-5-11(13)7-10/h3-5,7,17H,2,6,8-9H2,1H3,(H2,14,15). The molecule has 0 atom stereocenters. The molecule has 0 aromatic heterocycles. The van der Waals surface area contributed by atoms with Gasteiger partial charge in [-0.15, -0.1) is 0 Å². The van der Waals surface area contributed by atoms with Crippen molar-refractivity contribution >= 4 is 5.84 Å². The Balaban J connectivity index is 2.66. The quantitative estimate of drug-likeness (QED) is 0.344. The molecule has 0 saturated carbocycles. The molecule has 0 amide bonds. The highest BCUT2D eigenvalue weighted by Gasteiger charge is 2.07. The molecule has 0 aliphatic rings. The SMILES string of the molecule is CCCN(CC(N)=NO)Cc1cccc(F)c1. The molecule has 0 bridgehead atoms. The van der Waals surface area contributed by atoms with Gasteiger partial charge in [0, 0.05) is 6.54 Å². The lowest BCUT2D eigenvalue weighted by atomic mass is 10.2. The maximum Gasteiger partial charge on any atom is 0.153 e. The summed E-state index contributed by atoms with van der Waals surface area (Å²) in [7, 11) is 0. The number of hydrogen-bond donors (Lipinski definition) is 2. The molecule has 0 aliphatic carbocycles. The third-order valence-corrected chi connectivity index (χ3v) is 2.35. The van der Waals surface area contributed by atoms with Crippen molar-refractivity contribution in [2.75, 3.05) is 13.1 Å². The summed E-state index contributed by atoms with van der Waals surface area (Å²) in [5.74, 6) is -0.0856. The molecule has 1 rings (SSSR count). The Bertz CT molecular complexity index is 382. The highest BCUT2D eigenvalue weighted by atomic mass is 19.1. The minimum absolute atomic E-state index is 0.162. The Kier molecular flexibility index (Phi) is 5.42. The molecule has 0 unspecified atom stereocenters. The molecule has 94 valence electrons. The first-order valence-electron chi connectivity index (χ1n) is 5.59. The first-order valence-corrected chi connectivity index (χ1v) is 5.59. The molecule has 3 N–H and O–H groups in total. The van der Waals surface area contributed by atoms with Gasteiger partial charge in [-0.1, -0.05) is 24.2 Å². The van der Waals surface area contributed by atoms with Crippen molar-refractivity contribution in [3.63, 3.8) is 0 Å². The van der Waals surface area contributed by atoms with Crippen LogP contribution in [0.25, 0.3) is 0 Å². The molecule has 0 radical (unpaired) electrons. The van der Waals surface area contributed by atoms with Gasteiger partial charge >= 0.3 is 0 Å². The number of nitrogens with two attached hydrogens (primary N) is 1. The number of nitrogens with zero attached hydrogens (tertiary/aromatic N) is 2. The van der Waals surface area contributed by atoms with Gasteiger partial charge in [-0.05, 0) is 30.7 Å². The number of hydrogen-bond acceptors (Lipinski definition) is 3. The first kappa shape index (κ1) is 13.4. The van der Waals surface area contributed by atoms with E-state index < -0.39 is 0 Å². The molecule has 1 aromatic carbocycles. The summed E-state index contributed by atoms with van der Waals surface area (Å²) >= 11 is 0. The predicted octanol–water partition coefficient (Wildman–Crippen LogP) is 1.78. The molecule has 5 heteroatoms. The number of rotatable bonds is 6. The van der Waals surface area contributed by atoms with Crippen LogP contribution in [0.1, 0.15) is 18.9 Å². The molecule has 0 aliphatic heterocycles. The third kappa shape index (κ3) is 4.82. The van der Waals surface area contributed by atoms with E-state index >= 15 is 0 Å². The van der Waals surface area contributed by atoms with Crippen molar-refractivity contribution < 1.29 is 9.60 Å². The number of benzene rings is 1. The van der Waals surface area contributed by atoms with Crippen LogP contribution in [0.4, 0.5) is 4.39 Å². The van der Waals surface area contributed by atoms with Crippen molar-refractivity contribution in [1.82, 2.24) is 4.90 Å². The zero-order chi connectivity index (χ0) is 12.7. The fourth-order valence-corrected chi connectivity index (χ4v) is 1.68. The van der Waals surface area contributed by atoms with Gasteiger partial charge in [0.25, 0.3) is 0 Å². The summed E-state index contributed by atoms with van der Waals surface area (Å²) in [5.41, 5.74) is 6.35. The average molecular weight is 239 g/mol. The molecule has 0 spiro atoms. The van der Waals surface area contributed by atoms with Crippen LogP contribution < -0.4 is 5.73 Å². The molecule has 1 aromatic rings. The van der Waals surface area contributed by atoms with E-state index in [0.717, 1.165) is 18.5 Å². The molecular formula is C12H18FN3O. The maximum atomic E-state index is 13.0. The zero-order valence-corrected chi connectivity index (χ0v) is 9.93. The van der Waals surface area contributed by atoms with Gasteiger partial charge in [-0.3, -0.25) is 4.90 Å². The number of halogens is 1. The molecule has 0 saturated heterocycles. The summed E-state index contributed by atoms with van der Waals surface area (Å²) in [5, 5.41) is 11.5. The van der Waals surface area contributed by atoms with Crippen LogP contribution in [0.5, 0.6) is 0 Å². The Morgan fingerprint density at radius 1 is 1.53 bits per heavy atom. The van der Waals surface area contributed by atoms with Gasteiger partial charge in [-0.2, -0.15) is 0 Å². The van der Waals surface area contributed by atoms with Gasteiger partial charge in [-0.25, -0.2) is 4.39 Å². The van der Waals surface area contributed by atoms with E-state index in [0.29, 0.717) is 13.1 Å².